The lowest BCUT2D eigenvalue weighted by Crippen LogP contribution is -2.00. The molecule has 0 aliphatic heterocycles. The van der Waals surface area contributed by atoms with E-state index in [9.17, 15) is 0 Å². The molecule has 4 aromatic rings. The van der Waals surface area contributed by atoms with Crippen molar-refractivity contribution in [3.05, 3.63) is 84.9 Å². The van der Waals surface area contributed by atoms with Crippen LogP contribution < -0.4 is 4.74 Å². The van der Waals surface area contributed by atoms with E-state index >= 15 is 0 Å². The molecule has 1 heterocycles. The molecule has 0 radical (unpaired) electrons. The summed E-state index contributed by atoms with van der Waals surface area (Å²) in [5, 5.41) is 8.87. The molecule has 0 saturated heterocycles. The van der Waals surface area contributed by atoms with Crippen molar-refractivity contribution in [1.82, 2.24) is 15.2 Å². The van der Waals surface area contributed by atoms with Crippen molar-refractivity contribution in [3.63, 3.8) is 0 Å². The number of aromatic nitrogens is 3. The second-order valence-corrected chi connectivity index (χ2v) is 5.79. The van der Waals surface area contributed by atoms with Gasteiger partial charge in [0.05, 0.1) is 7.11 Å². The van der Waals surface area contributed by atoms with Crippen LogP contribution in [-0.4, -0.2) is 22.3 Å². The van der Waals surface area contributed by atoms with Gasteiger partial charge in [-0.3, -0.25) is 0 Å². The Bertz CT molecular complexity index is 1000. The molecule has 0 amide bonds. The highest BCUT2D eigenvalue weighted by Crippen LogP contribution is 2.30. The van der Waals surface area contributed by atoms with Crippen molar-refractivity contribution in [3.8, 4) is 39.7 Å². The van der Waals surface area contributed by atoms with E-state index in [4.69, 9.17) is 9.72 Å². The lowest BCUT2D eigenvalue weighted by Gasteiger charge is -2.10. The molecule has 0 N–H and O–H groups in total. The van der Waals surface area contributed by atoms with E-state index in [2.05, 4.69) is 10.2 Å². The first-order chi connectivity index (χ1) is 12.8. The van der Waals surface area contributed by atoms with Crippen LogP contribution in [-0.2, 0) is 0 Å². The van der Waals surface area contributed by atoms with E-state index in [1.165, 1.54) is 0 Å². The van der Waals surface area contributed by atoms with E-state index in [-0.39, 0.29) is 0 Å². The van der Waals surface area contributed by atoms with Crippen LogP contribution in [0, 0.1) is 0 Å². The largest absolute Gasteiger partial charge is 0.497 e. The average Bonchev–Trinajstić information content (AvgIpc) is 2.75. The maximum atomic E-state index is 5.25. The summed E-state index contributed by atoms with van der Waals surface area (Å²) >= 11 is 0. The van der Waals surface area contributed by atoms with Gasteiger partial charge in [-0.05, 0) is 24.3 Å². The summed E-state index contributed by atoms with van der Waals surface area (Å²) in [5.41, 5.74) is 4.45. The fourth-order valence-electron chi connectivity index (χ4n) is 2.78. The van der Waals surface area contributed by atoms with Crippen molar-refractivity contribution in [2.45, 2.75) is 0 Å². The molecule has 126 valence electrons. The van der Waals surface area contributed by atoms with Crippen LogP contribution in [0.5, 0.6) is 5.75 Å². The SMILES string of the molecule is COc1ccc(-c2nnc(-c3ccccc3)nc2-c2ccccc2)cc1. The number of nitrogens with zero attached hydrogens (tertiary/aromatic N) is 3. The van der Waals surface area contributed by atoms with Crippen LogP contribution in [0.3, 0.4) is 0 Å². The monoisotopic (exact) mass is 339 g/mol. The van der Waals surface area contributed by atoms with Crippen LogP contribution in [0.25, 0.3) is 33.9 Å². The van der Waals surface area contributed by atoms with Gasteiger partial charge in [-0.2, -0.15) is 0 Å². The predicted octanol–water partition coefficient (Wildman–Crippen LogP) is 4.88. The lowest BCUT2D eigenvalue weighted by atomic mass is 10.0. The Labute approximate surface area is 152 Å². The number of benzene rings is 3. The predicted molar refractivity (Wildman–Crippen MR) is 103 cm³/mol. The molecule has 4 rings (SSSR count). The molecule has 0 bridgehead atoms. The highest BCUT2D eigenvalue weighted by atomic mass is 16.5. The van der Waals surface area contributed by atoms with Gasteiger partial charge in [0.1, 0.15) is 17.1 Å². The Balaban J connectivity index is 1.88. The van der Waals surface area contributed by atoms with E-state index in [1.54, 1.807) is 7.11 Å². The minimum Gasteiger partial charge on any atom is -0.497 e. The van der Waals surface area contributed by atoms with Gasteiger partial charge in [-0.25, -0.2) is 4.98 Å². The van der Waals surface area contributed by atoms with Crippen LogP contribution in [0.4, 0.5) is 0 Å². The standard InChI is InChI=1S/C22H17N3O/c1-26-19-14-12-17(13-15-19)21-20(16-8-4-2-5-9-16)23-22(25-24-21)18-10-6-3-7-11-18/h2-15H,1H3. The molecule has 0 aliphatic rings. The van der Waals surface area contributed by atoms with Gasteiger partial charge in [-0.1, -0.05) is 60.7 Å². The lowest BCUT2D eigenvalue weighted by molar-refractivity contribution is 0.415. The van der Waals surface area contributed by atoms with Crippen LogP contribution in [0.1, 0.15) is 0 Å². The molecule has 0 saturated carbocycles. The van der Waals surface area contributed by atoms with E-state index in [1.807, 2.05) is 84.9 Å². The van der Waals surface area contributed by atoms with Crippen molar-refractivity contribution < 1.29 is 4.74 Å². The highest BCUT2D eigenvalue weighted by Gasteiger charge is 2.14. The highest BCUT2D eigenvalue weighted by molar-refractivity contribution is 5.78. The van der Waals surface area contributed by atoms with Gasteiger partial charge < -0.3 is 4.74 Å². The van der Waals surface area contributed by atoms with Crippen molar-refractivity contribution >= 4 is 0 Å². The van der Waals surface area contributed by atoms with Crippen LogP contribution >= 0.6 is 0 Å². The summed E-state index contributed by atoms with van der Waals surface area (Å²) in [6, 6.07) is 27.7. The Morgan fingerprint density at radius 2 is 1.15 bits per heavy atom. The van der Waals surface area contributed by atoms with Crippen molar-refractivity contribution in [2.24, 2.45) is 0 Å². The molecule has 4 nitrogen and oxygen atoms in total. The van der Waals surface area contributed by atoms with Gasteiger partial charge >= 0.3 is 0 Å². The maximum absolute atomic E-state index is 5.25. The van der Waals surface area contributed by atoms with Gasteiger partial charge in [0.15, 0.2) is 5.82 Å². The number of methoxy groups -OCH3 is 1. The summed E-state index contributed by atoms with van der Waals surface area (Å²) in [6.07, 6.45) is 0. The third kappa shape index (κ3) is 3.17. The smallest absolute Gasteiger partial charge is 0.182 e. The number of ether oxygens (including phenoxy) is 1. The van der Waals surface area contributed by atoms with Crippen molar-refractivity contribution in [2.75, 3.05) is 7.11 Å². The van der Waals surface area contributed by atoms with E-state index in [0.29, 0.717) is 5.82 Å². The normalized spacial score (nSPS) is 10.5. The number of hydrogen-bond acceptors (Lipinski definition) is 4. The average molecular weight is 339 g/mol. The molecule has 0 aliphatic carbocycles. The van der Waals surface area contributed by atoms with Crippen LogP contribution in [0.15, 0.2) is 84.9 Å². The first-order valence-electron chi connectivity index (χ1n) is 8.35. The van der Waals surface area contributed by atoms with Gasteiger partial charge in [-0.15, -0.1) is 10.2 Å². The Kier molecular flexibility index (Phi) is 4.39. The topological polar surface area (TPSA) is 47.9 Å². The zero-order valence-electron chi connectivity index (χ0n) is 14.3. The summed E-state index contributed by atoms with van der Waals surface area (Å²) in [7, 11) is 1.65. The third-order valence-electron chi connectivity index (χ3n) is 4.13. The molecule has 0 spiro atoms. The molecule has 26 heavy (non-hydrogen) atoms. The summed E-state index contributed by atoms with van der Waals surface area (Å²) in [5.74, 6) is 1.42. The van der Waals surface area contributed by atoms with Gasteiger partial charge in [0.25, 0.3) is 0 Å². The number of rotatable bonds is 4. The summed E-state index contributed by atoms with van der Waals surface area (Å²) in [4.78, 5) is 4.83. The zero-order valence-corrected chi connectivity index (χ0v) is 14.3. The molecule has 0 atom stereocenters. The first-order valence-corrected chi connectivity index (χ1v) is 8.35. The molecule has 4 heteroatoms. The quantitative estimate of drug-likeness (QED) is 0.531. The van der Waals surface area contributed by atoms with Crippen LogP contribution in [0.2, 0.25) is 0 Å². The second kappa shape index (κ2) is 7.15. The Hall–Kier alpha value is -3.53. The second-order valence-electron chi connectivity index (χ2n) is 5.79. The fourth-order valence-corrected chi connectivity index (χ4v) is 2.78. The van der Waals surface area contributed by atoms with Gasteiger partial charge in [0.2, 0.25) is 0 Å². The molecular weight excluding hydrogens is 322 g/mol. The molecule has 1 aromatic heterocycles. The maximum Gasteiger partial charge on any atom is 0.182 e. The molecule has 3 aromatic carbocycles. The fraction of sp³-hybridized carbons (Fsp3) is 0.0455. The Morgan fingerprint density at radius 3 is 1.77 bits per heavy atom. The third-order valence-corrected chi connectivity index (χ3v) is 4.13. The number of hydrogen-bond donors (Lipinski definition) is 0. The van der Waals surface area contributed by atoms with Gasteiger partial charge in [0, 0.05) is 16.7 Å². The first kappa shape index (κ1) is 16.0. The van der Waals surface area contributed by atoms with Crippen molar-refractivity contribution in [1.29, 1.82) is 0 Å². The molecule has 0 fully saturated rings. The minimum atomic E-state index is 0.613. The van der Waals surface area contributed by atoms with E-state index < -0.39 is 0 Å². The Morgan fingerprint density at radius 1 is 0.577 bits per heavy atom. The minimum absolute atomic E-state index is 0.613. The van der Waals surface area contributed by atoms with E-state index in [0.717, 1.165) is 33.8 Å². The molecule has 0 unspecified atom stereocenters. The summed E-state index contributed by atoms with van der Waals surface area (Å²) < 4.78 is 5.25. The zero-order chi connectivity index (χ0) is 17.8. The summed E-state index contributed by atoms with van der Waals surface area (Å²) in [6.45, 7) is 0. The molecular formula is C22H17N3O.